The predicted molar refractivity (Wildman–Crippen MR) is 41.9 cm³/mol. The molecule has 0 aliphatic rings. The molecule has 0 saturated carbocycles. The van der Waals surface area contributed by atoms with Gasteiger partial charge in [-0.15, -0.1) is 0 Å². The molecule has 0 aliphatic carbocycles. The summed E-state index contributed by atoms with van der Waals surface area (Å²) >= 11 is 0. The molecule has 0 radical (unpaired) electrons. The second kappa shape index (κ2) is 5.23. The van der Waals surface area contributed by atoms with Crippen molar-refractivity contribution >= 4 is 5.91 Å². The molecule has 10 heavy (non-hydrogen) atoms. The maximum atomic E-state index is 10.8. The minimum atomic E-state index is 0. The van der Waals surface area contributed by atoms with Crippen LogP contribution in [-0.4, -0.2) is 25.7 Å². The number of ether oxygens (including phenoxy) is 1. The highest BCUT2D eigenvalue weighted by atomic mass is 16.5. The van der Waals surface area contributed by atoms with Gasteiger partial charge in [-0.3, -0.25) is 4.79 Å². The van der Waals surface area contributed by atoms with E-state index in [1.807, 2.05) is 13.8 Å². The molecule has 0 rings (SSSR count). The minimum Gasteiger partial charge on any atom is -0.384 e. The van der Waals surface area contributed by atoms with E-state index in [0.29, 0.717) is 13.0 Å². The van der Waals surface area contributed by atoms with Crippen molar-refractivity contribution in [1.29, 1.82) is 0 Å². The molecule has 0 fully saturated rings. The van der Waals surface area contributed by atoms with E-state index >= 15 is 0 Å². The van der Waals surface area contributed by atoms with Crippen LogP contribution in [-0.2, 0) is 9.53 Å². The fraction of sp³-hybridized carbons (Fsp3) is 0.857. The lowest BCUT2D eigenvalue weighted by Crippen LogP contribution is -2.30. The van der Waals surface area contributed by atoms with Crippen molar-refractivity contribution < 1.29 is 11.0 Å². The van der Waals surface area contributed by atoms with Crippen LogP contribution in [0.5, 0.6) is 0 Å². The molecule has 0 heterocycles. The first kappa shape index (κ1) is 9.43. The highest BCUT2D eigenvalue weighted by Gasteiger charge is 2.00. The first-order chi connectivity index (χ1) is 4.66. The van der Waals surface area contributed by atoms with E-state index < -0.39 is 0 Å². The van der Waals surface area contributed by atoms with Gasteiger partial charge in [-0.2, -0.15) is 0 Å². The summed E-state index contributed by atoms with van der Waals surface area (Å²) < 4.78 is 4.73. The standard InChI is InChI=1S/C7H15NO2.H2/c1-6(2)8-7(9)4-5-10-3;/h6H,4-5H2,1-3H3,(H,8,9);1H. The van der Waals surface area contributed by atoms with E-state index in [-0.39, 0.29) is 13.4 Å². The number of nitrogens with one attached hydrogen (secondary N) is 1. The van der Waals surface area contributed by atoms with Gasteiger partial charge in [0.2, 0.25) is 5.91 Å². The molecule has 3 nitrogen and oxygen atoms in total. The summed E-state index contributed by atoms with van der Waals surface area (Å²) in [5.41, 5.74) is 0. The molecule has 1 amide bonds. The molecule has 0 bridgehead atoms. The van der Waals surface area contributed by atoms with E-state index in [0.717, 1.165) is 0 Å². The molecular formula is C7H17NO2. The molecular weight excluding hydrogens is 130 g/mol. The molecule has 1 N–H and O–H groups in total. The van der Waals surface area contributed by atoms with Crippen molar-refractivity contribution in [3.05, 3.63) is 0 Å². The second-order valence-electron chi connectivity index (χ2n) is 2.47. The van der Waals surface area contributed by atoms with Gasteiger partial charge in [0.15, 0.2) is 0 Å². The largest absolute Gasteiger partial charge is 0.384 e. The molecule has 0 aromatic rings. The Hall–Kier alpha value is -0.570. The van der Waals surface area contributed by atoms with Crippen LogP contribution in [0.4, 0.5) is 0 Å². The van der Waals surface area contributed by atoms with Gasteiger partial charge < -0.3 is 10.1 Å². The van der Waals surface area contributed by atoms with Crippen molar-refractivity contribution in [1.82, 2.24) is 5.32 Å². The van der Waals surface area contributed by atoms with Gasteiger partial charge in [-0.05, 0) is 13.8 Å². The molecule has 0 unspecified atom stereocenters. The Morgan fingerprint density at radius 2 is 2.30 bits per heavy atom. The first-order valence-electron chi connectivity index (χ1n) is 3.45. The Bertz CT molecular complexity index is 107. The molecule has 0 atom stereocenters. The summed E-state index contributed by atoms with van der Waals surface area (Å²) in [7, 11) is 1.59. The van der Waals surface area contributed by atoms with E-state index in [2.05, 4.69) is 5.32 Å². The SMILES string of the molecule is COCCC(=O)NC(C)C.[HH]. The van der Waals surface area contributed by atoms with E-state index in [1.54, 1.807) is 7.11 Å². The number of carbonyl (C=O) groups is 1. The van der Waals surface area contributed by atoms with Crippen LogP contribution in [0.1, 0.15) is 21.7 Å². The average Bonchev–Trinajstić information content (AvgIpc) is 1.82. The Labute approximate surface area is 63.2 Å². The minimum absolute atomic E-state index is 0. The highest BCUT2D eigenvalue weighted by molar-refractivity contribution is 5.76. The predicted octanol–water partition coefficient (Wildman–Crippen LogP) is 0.793. The van der Waals surface area contributed by atoms with Crippen molar-refractivity contribution in [3.63, 3.8) is 0 Å². The highest BCUT2D eigenvalue weighted by Crippen LogP contribution is 1.83. The van der Waals surface area contributed by atoms with Crippen LogP contribution >= 0.6 is 0 Å². The number of amides is 1. The van der Waals surface area contributed by atoms with Crippen LogP contribution in [0.3, 0.4) is 0 Å². The van der Waals surface area contributed by atoms with Crippen molar-refractivity contribution in [2.75, 3.05) is 13.7 Å². The van der Waals surface area contributed by atoms with Crippen LogP contribution in [0.25, 0.3) is 0 Å². The quantitative estimate of drug-likeness (QED) is 0.638. The third-order valence-electron chi connectivity index (χ3n) is 0.983. The summed E-state index contributed by atoms with van der Waals surface area (Å²) in [6.07, 6.45) is 0.453. The van der Waals surface area contributed by atoms with Gasteiger partial charge >= 0.3 is 0 Å². The van der Waals surface area contributed by atoms with Crippen LogP contribution in [0.2, 0.25) is 0 Å². The Morgan fingerprint density at radius 1 is 1.70 bits per heavy atom. The summed E-state index contributed by atoms with van der Waals surface area (Å²) in [5.74, 6) is 0.0526. The first-order valence-corrected chi connectivity index (χ1v) is 3.45. The van der Waals surface area contributed by atoms with Gasteiger partial charge in [0.25, 0.3) is 0 Å². The van der Waals surface area contributed by atoms with Gasteiger partial charge in [-0.25, -0.2) is 0 Å². The molecule has 3 heteroatoms. The third-order valence-corrected chi connectivity index (χ3v) is 0.983. The van der Waals surface area contributed by atoms with Gasteiger partial charge in [0.1, 0.15) is 0 Å². The molecule has 0 aromatic heterocycles. The van der Waals surface area contributed by atoms with E-state index in [1.165, 1.54) is 0 Å². The fourth-order valence-electron chi connectivity index (χ4n) is 0.589. The average molecular weight is 147 g/mol. The molecule has 0 spiro atoms. The molecule has 0 aromatic carbocycles. The lowest BCUT2D eigenvalue weighted by Gasteiger charge is -2.06. The van der Waals surface area contributed by atoms with Crippen molar-refractivity contribution in [2.45, 2.75) is 26.3 Å². The maximum absolute atomic E-state index is 10.8. The number of hydrogen-bond donors (Lipinski definition) is 1. The zero-order valence-corrected chi connectivity index (χ0v) is 6.81. The monoisotopic (exact) mass is 147 g/mol. The lowest BCUT2D eigenvalue weighted by atomic mass is 10.3. The van der Waals surface area contributed by atoms with Gasteiger partial charge in [0, 0.05) is 21.0 Å². The summed E-state index contributed by atoms with van der Waals surface area (Å²) in [4.78, 5) is 10.8. The molecule has 0 aliphatic heterocycles. The van der Waals surface area contributed by atoms with Crippen molar-refractivity contribution in [3.8, 4) is 0 Å². The Kier molecular flexibility index (Phi) is 4.94. The number of rotatable bonds is 4. The maximum Gasteiger partial charge on any atom is 0.222 e. The van der Waals surface area contributed by atoms with E-state index in [4.69, 9.17) is 4.74 Å². The van der Waals surface area contributed by atoms with Crippen molar-refractivity contribution in [2.24, 2.45) is 0 Å². The zero-order valence-electron chi connectivity index (χ0n) is 6.81. The normalized spacial score (nSPS) is 10.0. The van der Waals surface area contributed by atoms with E-state index in [9.17, 15) is 4.79 Å². The summed E-state index contributed by atoms with van der Waals surface area (Å²) in [6, 6.07) is 0.226. The lowest BCUT2D eigenvalue weighted by molar-refractivity contribution is -0.122. The summed E-state index contributed by atoms with van der Waals surface area (Å²) in [5, 5.41) is 2.76. The van der Waals surface area contributed by atoms with Gasteiger partial charge in [0.05, 0.1) is 6.61 Å². The number of methoxy groups -OCH3 is 1. The molecule has 62 valence electrons. The van der Waals surface area contributed by atoms with Crippen LogP contribution in [0, 0.1) is 0 Å². The summed E-state index contributed by atoms with van der Waals surface area (Å²) in [6.45, 7) is 4.37. The van der Waals surface area contributed by atoms with Crippen LogP contribution in [0.15, 0.2) is 0 Å². The van der Waals surface area contributed by atoms with Crippen LogP contribution < -0.4 is 5.32 Å². The topological polar surface area (TPSA) is 38.3 Å². The van der Waals surface area contributed by atoms with Gasteiger partial charge in [-0.1, -0.05) is 0 Å². The number of hydrogen-bond acceptors (Lipinski definition) is 2. The third kappa shape index (κ3) is 5.56. The fourth-order valence-corrected chi connectivity index (χ4v) is 0.589. The Balaban J connectivity index is 0. The second-order valence-corrected chi connectivity index (χ2v) is 2.47. The Morgan fingerprint density at radius 3 is 2.70 bits per heavy atom. The number of carbonyl (C=O) groups excluding carboxylic acids is 1. The molecule has 0 saturated heterocycles. The zero-order chi connectivity index (χ0) is 7.98. The smallest absolute Gasteiger partial charge is 0.222 e.